The van der Waals surface area contributed by atoms with Crippen LogP contribution < -0.4 is 11.1 Å². The fourth-order valence-electron chi connectivity index (χ4n) is 3.81. The van der Waals surface area contributed by atoms with E-state index in [1.54, 1.807) is 6.07 Å². The van der Waals surface area contributed by atoms with Crippen LogP contribution in [0, 0.1) is 0 Å². The first kappa shape index (κ1) is 16.9. The summed E-state index contributed by atoms with van der Waals surface area (Å²) in [6, 6.07) is 1.74. The van der Waals surface area contributed by atoms with E-state index < -0.39 is 0 Å². The first-order chi connectivity index (χ1) is 11.2. The van der Waals surface area contributed by atoms with Crippen LogP contribution >= 0.6 is 11.8 Å². The van der Waals surface area contributed by atoms with Gasteiger partial charge in [-0.1, -0.05) is 19.3 Å². The molecule has 3 rings (SSSR count). The van der Waals surface area contributed by atoms with E-state index in [4.69, 9.17) is 10.2 Å². The number of rotatable bonds is 5. The number of carbonyl (C=O) groups is 1. The highest BCUT2D eigenvalue weighted by Gasteiger charge is 2.38. The Morgan fingerprint density at radius 2 is 2.04 bits per heavy atom. The molecule has 0 radical (unpaired) electrons. The van der Waals surface area contributed by atoms with Crippen LogP contribution in [0.2, 0.25) is 0 Å². The summed E-state index contributed by atoms with van der Waals surface area (Å²) in [7, 11) is 0. The van der Waals surface area contributed by atoms with Crippen LogP contribution in [0.4, 0.5) is 0 Å². The van der Waals surface area contributed by atoms with Crippen LogP contribution in [0.25, 0.3) is 0 Å². The first-order valence-corrected chi connectivity index (χ1v) is 9.77. The maximum Gasteiger partial charge on any atom is 0.254 e. The quantitative estimate of drug-likeness (QED) is 0.862. The average Bonchev–Trinajstić information content (AvgIpc) is 3.10. The van der Waals surface area contributed by atoms with Gasteiger partial charge in [0.05, 0.1) is 12.1 Å². The fraction of sp³-hybridized carbons (Fsp3) is 0.706. The molecule has 1 aliphatic carbocycles. The normalized spacial score (nSPS) is 22.0. The van der Waals surface area contributed by atoms with Crippen molar-refractivity contribution in [3.8, 4) is 0 Å². The van der Waals surface area contributed by atoms with Crippen molar-refractivity contribution in [1.29, 1.82) is 0 Å². The Labute approximate surface area is 142 Å². The molecule has 1 amide bonds. The fourth-order valence-corrected chi connectivity index (χ4v) is 4.71. The molecule has 6 heteroatoms. The molecule has 0 atom stereocenters. The zero-order valence-electron chi connectivity index (χ0n) is 13.7. The molecule has 2 fully saturated rings. The number of hydrogen-bond acceptors (Lipinski definition) is 5. The summed E-state index contributed by atoms with van der Waals surface area (Å²) < 4.78 is 5.27. The van der Waals surface area contributed by atoms with E-state index >= 15 is 0 Å². The van der Waals surface area contributed by atoms with Crippen molar-refractivity contribution in [2.24, 2.45) is 5.73 Å². The number of nitrogens with two attached hydrogens (primary N) is 1. The molecule has 3 N–H and O–H groups in total. The van der Waals surface area contributed by atoms with Gasteiger partial charge in [-0.3, -0.25) is 9.69 Å². The van der Waals surface area contributed by atoms with E-state index in [1.807, 2.05) is 11.8 Å². The minimum atomic E-state index is -0.0511. The smallest absolute Gasteiger partial charge is 0.254 e. The van der Waals surface area contributed by atoms with Gasteiger partial charge in [0.25, 0.3) is 5.91 Å². The van der Waals surface area contributed by atoms with Gasteiger partial charge in [0.2, 0.25) is 0 Å². The van der Waals surface area contributed by atoms with Crippen LogP contribution in [0.5, 0.6) is 0 Å². The predicted molar refractivity (Wildman–Crippen MR) is 93.6 cm³/mol. The minimum absolute atomic E-state index is 0.0511. The van der Waals surface area contributed by atoms with Gasteiger partial charge in [0.15, 0.2) is 0 Å². The van der Waals surface area contributed by atoms with Crippen LogP contribution in [0.15, 0.2) is 16.7 Å². The molecule has 128 valence electrons. The van der Waals surface area contributed by atoms with E-state index in [2.05, 4.69) is 10.2 Å². The van der Waals surface area contributed by atoms with E-state index in [0.29, 0.717) is 17.9 Å². The SMILES string of the molecule is NCc1cc(C(=O)NCC2(N3CCSCC3)CCCCC2)co1. The number of nitrogens with zero attached hydrogens (tertiary/aromatic N) is 1. The van der Waals surface area contributed by atoms with Crippen LogP contribution in [-0.2, 0) is 6.54 Å². The number of carbonyl (C=O) groups excluding carboxylic acids is 1. The molecule has 1 saturated heterocycles. The molecule has 1 saturated carbocycles. The average molecular weight is 337 g/mol. The summed E-state index contributed by atoms with van der Waals surface area (Å²) >= 11 is 2.03. The third-order valence-electron chi connectivity index (χ3n) is 5.16. The lowest BCUT2D eigenvalue weighted by molar-refractivity contribution is 0.0548. The summed E-state index contributed by atoms with van der Waals surface area (Å²) in [6.45, 7) is 3.34. The second-order valence-corrected chi connectivity index (χ2v) is 7.80. The molecule has 0 aromatic carbocycles. The van der Waals surface area contributed by atoms with E-state index in [9.17, 15) is 4.79 Å². The Balaban J connectivity index is 1.65. The van der Waals surface area contributed by atoms with Gasteiger partial charge >= 0.3 is 0 Å². The number of thioether (sulfide) groups is 1. The molecular formula is C17H27N3O2S. The number of amides is 1. The monoisotopic (exact) mass is 337 g/mol. The highest BCUT2D eigenvalue weighted by molar-refractivity contribution is 7.99. The third-order valence-corrected chi connectivity index (χ3v) is 6.10. The maximum absolute atomic E-state index is 12.4. The summed E-state index contributed by atoms with van der Waals surface area (Å²) in [6.07, 6.45) is 7.74. The molecule has 0 spiro atoms. The molecule has 23 heavy (non-hydrogen) atoms. The zero-order valence-corrected chi connectivity index (χ0v) is 14.5. The van der Waals surface area contributed by atoms with Gasteiger partial charge in [0, 0.05) is 36.7 Å². The van der Waals surface area contributed by atoms with Crippen molar-refractivity contribution >= 4 is 17.7 Å². The van der Waals surface area contributed by atoms with Crippen molar-refractivity contribution in [2.75, 3.05) is 31.1 Å². The number of furan rings is 1. The van der Waals surface area contributed by atoms with Crippen LogP contribution in [0.1, 0.15) is 48.2 Å². The molecule has 1 aliphatic heterocycles. The highest BCUT2D eigenvalue weighted by Crippen LogP contribution is 2.34. The highest BCUT2D eigenvalue weighted by atomic mass is 32.2. The van der Waals surface area contributed by atoms with E-state index in [1.165, 1.54) is 49.9 Å². The maximum atomic E-state index is 12.4. The Bertz CT molecular complexity index is 520. The lowest BCUT2D eigenvalue weighted by atomic mass is 9.80. The van der Waals surface area contributed by atoms with Gasteiger partial charge in [0.1, 0.15) is 12.0 Å². The second kappa shape index (κ2) is 7.73. The minimum Gasteiger partial charge on any atom is -0.467 e. The van der Waals surface area contributed by atoms with E-state index in [0.717, 1.165) is 19.6 Å². The first-order valence-electron chi connectivity index (χ1n) is 8.62. The lowest BCUT2D eigenvalue weighted by Gasteiger charge is -2.48. The van der Waals surface area contributed by atoms with Gasteiger partial charge in [-0.15, -0.1) is 0 Å². The van der Waals surface area contributed by atoms with Gasteiger partial charge in [-0.25, -0.2) is 0 Å². The topological polar surface area (TPSA) is 71.5 Å². The molecular weight excluding hydrogens is 310 g/mol. The van der Waals surface area contributed by atoms with E-state index in [-0.39, 0.29) is 11.4 Å². The predicted octanol–water partition coefficient (Wildman–Crippen LogP) is 2.22. The summed E-state index contributed by atoms with van der Waals surface area (Å²) in [5.41, 5.74) is 6.26. The van der Waals surface area contributed by atoms with Gasteiger partial charge in [-0.05, 0) is 18.9 Å². The Hall–Kier alpha value is -0.980. The zero-order chi connectivity index (χ0) is 16.1. The Morgan fingerprint density at radius 3 is 2.70 bits per heavy atom. The Morgan fingerprint density at radius 1 is 1.30 bits per heavy atom. The summed E-state index contributed by atoms with van der Waals surface area (Å²) in [5, 5.41) is 3.16. The number of nitrogens with one attached hydrogen (secondary N) is 1. The van der Waals surface area contributed by atoms with Crippen LogP contribution in [-0.4, -0.2) is 47.5 Å². The largest absolute Gasteiger partial charge is 0.467 e. The molecule has 2 heterocycles. The van der Waals surface area contributed by atoms with Crippen molar-refractivity contribution in [1.82, 2.24) is 10.2 Å². The van der Waals surface area contributed by atoms with Crippen molar-refractivity contribution in [2.45, 2.75) is 44.2 Å². The summed E-state index contributed by atoms with van der Waals surface area (Å²) in [4.78, 5) is 15.0. The van der Waals surface area contributed by atoms with Crippen molar-refractivity contribution < 1.29 is 9.21 Å². The number of hydrogen-bond donors (Lipinski definition) is 2. The lowest BCUT2D eigenvalue weighted by Crippen LogP contribution is -2.58. The second-order valence-electron chi connectivity index (χ2n) is 6.57. The van der Waals surface area contributed by atoms with Crippen molar-refractivity contribution in [3.05, 3.63) is 23.7 Å². The molecule has 1 aromatic heterocycles. The van der Waals surface area contributed by atoms with Crippen LogP contribution in [0.3, 0.4) is 0 Å². The molecule has 1 aromatic rings. The standard InChI is InChI=1S/C17H27N3O2S/c18-11-15-10-14(12-22-15)16(21)19-13-17(4-2-1-3-5-17)20-6-8-23-9-7-20/h10,12H,1-9,11,13,18H2,(H,19,21). The molecule has 0 bridgehead atoms. The van der Waals surface area contributed by atoms with Gasteiger partial charge in [-0.2, -0.15) is 11.8 Å². The third kappa shape index (κ3) is 3.92. The molecule has 0 unspecified atom stereocenters. The van der Waals surface area contributed by atoms with Crippen molar-refractivity contribution in [3.63, 3.8) is 0 Å². The molecule has 5 nitrogen and oxygen atoms in total. The summed E-state index contributed by atoms with van der Waals surface area (Å²) in [5.74, 6) is 3.01. The van der Waals surface area contributed by atoms with Gasteiger partial charge < -0.3 is 15.5 Å². The Kier molecular flexibility index (Phi) is 5.67. The molecule has 2 aliphatic rings.